The second-order valence-corrected chi connectivity index (χ2v) is 8.22. The van der Waals surface area contributed by atoms with Gasteiger partial charge in [-0.25, -0.2) is 9.38 Å². The number of halogens is 2. The number of hydrogen-bond donors (Lipinski definition) is 1. The molecule has 0 aliphatic carbocycles. The van der Waals surface area contributed by atoms with Crippen LogP contribution in [0.4, 0.5) is 10.1 Å². The van der Waals surface area contributed by atoms with Gasteiger partial charge in [0, 0.05) is 16.1 Å². The van der Waals surface area contributed by atoms with Gasteiger partial charge in [-0.15, -0.1) is 0 Å². The highest BCUT2D eigenvalue weighted by Crippen LogP contribution is 2.32. The van der Waals surface area contributed by atoms with Crippen LogP contribution < -0.4 is 10.1 Å². The summed E-state index contributed by atoms with van der Waals surface area (Å²) in [5.74, 6) is -0.00344. The molecule has 0 bridgehead atoms. The van der Waals surface area contributed by atoms with Crippen LogP contribution in [0.1, 0.15) is 16.7 Å². The molecule has 0 saturated carbocycles. The highest BCUT2D eigenvalue weighted by molar-refractivity contribution is 8.18. The van der Waals surface area contributed by atoms with Gasteiger partial charge in [-0.2, -0.15) is 0 Å². The summed E-state index contributed by atoms with van der Waals surface area (Å²) in [6, 6.07) is 19.2. The number of amidine groups is 1. The zero-order chi connectivity index (χ0) is 21.8. The van der Waals surface area contributed by atoms with Crippen molar-refractivity contribution in [1.82, 2.24) is 5.32 Å². The summed E-state index contributed by atoms with van der Waals surface area (Å²) in [4.78, 5) is 17.5. The number of thioether (sulfide) groups is 1. The van der Waals surface area contributed by atoms with Gasteiger partial charge >= 0.3 is 0 Å². The number of nitrogens with one attached hydrogen (secondary N) is 1. The van der Waals surface area contributed by atoms with Gasteiger partial charge in [-0.3, -0.25) is 4.79 Å². The van der Waals surface area contributed by atoms with E-state index in [2.05, 4.69) is 10.3 Å². The Hall–Kier alpha value is -3.09. The summed E-state index contributed by atoms with van der Waals surface area (Å²) >= 11 is 7.39. The highest BCUT2D eigenvalue weighted by atomic mass is 35.5. The van der Waals surface area contributed by atoms with Crippen molar-refractivity contribution in [2.45, 2.75) is 13.5 Å². The van der Waals surface area contributed by atoms with Crippen LogP contribution in [0.3, 0.4) is 0 Å². The maximum absolute atomic E-state index is 13.9. The standard InChI is InChI=1S/C24H18ClFN2O2S/c1-15-18(25)9-6-11-20(15)27-24-28-23(29)22(31-24)13-16-7-3-5-12-21(16)30-14-17-8-2-4-10-19(17)26/h2-13H,14H2,1H3,(H,27,28,29)/b22-13+. The van der Waals surface area contributed by atoms with Crippen molar-refractivity contribution in [2.75, 3.05) is 0 Å². The fourth-order valence-corrected chi connectivity index (χ4v) is 3.95. The van der Waals surface area contributed by atoms with Gasteiger partial charge in [-0.05, 0) is 54.6 Å². The maximum Gasteiger partial charge on any atom is 0.264 e. The molecule has 0 atom stereocenters. The predicted molar refractivity (Wildman–Crippen MR) is 124 cm³/mol. The lowest BCUT2D eigenvalue weighted by Gasteiger charge is -2.10. The maximum atomic E-state index is 13.9. The van der Waals surface area contributed by atoms with Crippen LogP contribution in [-0.4, -0.2) is 11.1 Å². The number of para-hydroxylation sites is 1. The van der Waals surface area contributed by atoms with Crippen LogP contribution in [0, 0.1) is 12.7 Å². The number of nitrogens with zero attached hydrogens (tertiary/aromatic N) is 1. The van der Waals surface area contributed by atoms with Crippen LogP contribution in [0.5, 0.6) is 5.75 Å². The molecule has 31 heavy (non-hydrogen) atoms. The fraction of sp³-hybridized carbons (Fsp3) is 0.0833. The number of benzene rings is 3. The number of aliphatic imine (C=N–C) groups is 1. The summed E-state index contributed by atoms with van der Waals surface area (Å²) in [5, 5.41) is 3.87. The molecule has 1 amide bonds. The van der Waals surface area contributed by atoms with Crippen molar-refractivity contribution >= 4 is 46.2 Å². The minimum atomic E-state index is -0.318. The van der Waals surface area contributed by atoms with Gasteiger partial charge in [0.1, 0.15) is 18.2 Å². The SMILES string of the molecule is Cc1c(Cl)cccc1N=C1NC(=O)/C(=C\c2ccccc2OCc2ccccc2F)S1. The minimum Gasteiger partial charge on any atom is -0.488 e. The molecule has 1 aliphatic rings. The molecule has 1 heterocycles. The van der Waals surface area contributed by atoms with Crippen molar-refractivity contribution in [3.8, 4) is 5.75 Å². The summed E-state index contributed by atoms with van der Waals surface area (Å²) in [7, 11) is 0. The van der Waals surface area contributed by atoms with Gasteiger partial charge < -0.3 is 10.1 Å². The Kier molecular flexibility index (Phi) is 6.39. The van der Waals surface area contributed by atoms with Gasteiger partial charge in [-0.1, -0.05) is 54.1 Å². The van der Waals surface area contributed by atoms with Crippen molar-refractivity contribution in [1.29, 1.82) is 0 Å². The Morgan fingerprint density at radius 3 is 2.71 bits per heavy atom. The quantitative estimate of drug-likeness (QED) is 0.465. The average molecular weight is 453 g/mol. The molecule has 1 saturated heterocycles. The first-order chi connectivity index (χ1) is 15.0. The van der Waals surface area contributed by atoms with Crippen LogP contribution in [-0.2, 0) is 11.4 Å². The van der Waals surface area contributed by atoms with E-state index in [1.807, 2.05) is 37.3 Å². The smallest absolute Gasteiger partial charge is 0.264 e. The third-order valence-electron chi connectivity index (χ3n) is 4.66. The molecule has 4 nitrogen and oxygen atoms in total. The third kappa shape index (κ3) is 4.98. The number of carbonyl (C=O) groups excluding carboxylic acids is 1. The molecular weight excluding hydrogens is 435 g/mol. The monoisotopic (exact) mass is 452 g/mol. The molecule has 0 spiro atoms. The van der Waals surface area contributed by atoms with Crippen molar-refractivity contribution < 1.29 is 13.9 Å². The zero-order valence-corrected chi connectivity index (χ0v) is 18.1. The van der Waals surface area contributed by atoms with Gasteiger partial charge in [0.2, 0.25) is 0 Å². The minimum absolute atomic E-state index is 0.0902. The number of ether oxygens (including phenoxy) is 1. The van der Waals surface area contributed by atoms with E-state index in [1.54, 1.807) is 36.4 Å². The van der Waals surface area contributed by atoms with E-state index >= 15 is 0 Å². The van der Waals surface area contributed by atoms with Crippen LogP contribution in [0.15, 0.2) is 76.6 Å². The molecule has 1 fully saturated rings. The van der Waals surface area contributed by atoms with E-state index in [1.165, 1.54) is 17.8 Å². The normalized spacial score (nSPS) is 16.0. The number of rotatable bonds is 5. The van der Waals surface area contributed by atoms with Crippen LogP contribution in [0.2, 0.25) is 5.02 Å². The highest BCUT2D eigenvalue weighted by Gasteiger charge is 2.24. The lowest BCUT2D eigenvalue weighted by Crippen LogP contribution is -2.19. The third-order valence-corrected chi connectivity index (χ3v) is 5.98. The van der Waals surface area contributed by atoms with E-state index < -0.39 is 0 Å². The Bertz CT molecular complexity index is 1210. The van der Waals surface area contributed by atoms with E-state index in [4.69, 9.17) is 16.3 Å². The van der Waals surface area contributed by atoms with E-state index in [0.29, 0.717) is 32.1 Å². The first-order valence-corrected chi connectivity index (χ1v) is 10.7. The molecule has 0 radical (unpaired) electrons. The lowest BCUT2D eigenvalue weighted by atomic mass is 10.1. The Labute approximate surface area is 188 Å². The molecule has 7 heteroatoms. The van der Waals surface area contributed by atoms with Crippen molar-refractivity contribution in [3.05, 3.63) is 99.2 Å². The molecule has 156 valence electrons. The molecule has 0 aromatic heterocycles. The topological polar surface area (TPSA) is 50.7 Å². The van der Waals surface area contributed by atoms with Crippen molar-refractivity contribution in [2.24, 2.45) is 4.99 Å². The summed E-state index contributed by atoms with van der Waals surface area (Å²) in [5.41, 5.74) is 2.72. The first-order valence-electron chi connectivity index (χ1n) is 9.51. The molecular formula is C24H18ClFN2O2S. The summed E-state index contributed by atoms with van der Waals surface area (Å²) < 4.78 is 19.7. The van der Waals surface area contributed by atoms with Crippen molar-refractivity contribution in [3.63, 3.8) is 0 Å². The van der Waals surface area contributed by atoms with Crippen LogP contribution in [0.25, 0.3) is 6.08 Å². The van der Waals surface area contributed by atoms with E-state index in [0.717, 1.165) is 11.1 Å². The Balaban J connectivity index is 1.55. The second kappa shape index (κ2) is 9.37. The summed E-state index contributed by atoms with van der Waals surface area (Å²) in [6.07, 6.45) is 1.74. The van der Waals surface area contributed by atoms with E-state index in [9.17, 15) is 9.18 Å². The van der Waals surface area contributed by atoms with Gasteiger partial charge in [0.25, 0.3) is 5.91 Å². The Morgan fingerprint density at radius 1 is 1.10 bits per heavy atom. The average Bonchev–Trinajstić information content (AvgIpc) is 3.10. The van der Waals surface area contributed by atoms with E-state index in [-0.39, 0.29) is 18.3 Å². The lowest BCUT2D eigenvalue weighted by molar-refractivity contribution is -0.115. The Morgan fingerprint density at radius 2 is 1.87 bits per heavy atom. The number of carbonyl (C=O) groups is 1. The number of hydrogen-bond acceptors (Lipinski definition) is 4. The second-order valence-electron chi connectivity index (χ2n) is 6.78. The molecule has 1 N–H and O–H groups in total. The number of amides is 1. The largest absolute Gasteiger partial charge is 0.488 e. The molecule has 3 aromatic rings. The van der Waals surface area contributed by atoms with Gasteiger partial charge in [0.05, 0.1) is 10.6 Å². The fourth-order valence-electron chi connectivity index (χ4n) is 2.95. The molecule has 4 rings (SSSR count). The van der Waals surface area contributed by atoms with Gasteiger partial charge in [0.15, 0.2) is 5.17 Å². The first kappa shape index (κ1) is 21.2. The molecule has 0 unspecified atom stereocenters. The predicted octanol–water partition coefficient (Wildman–Crippen LogP) is 6.26. The van der Waals surface area contributed by atoms with Crippen LogP contribution >= 0.6 is 23.4 Å². The molecule has 3 aromatic carbocycles. The molecule has 1 aliphatic heterocycles. The zero-order valence-electron chi connectivity index (χ0n) is 16.6. The summed E-state index contributed by atoms with van der Waals surface area (Å²) in [6.45, 7) is 1.97.